The van der Waals surface area contributed by atoms with Crippen LogP contribution in [0, 0.1) is 0 Å². The van der Waals surface area contributed by atoms with Gasteiger partial charge in [-0.25, -0.2) is 4.79 Å². The van der Waals surface area contributed by atoms with Crippen molar-refractivity contribution in [1.29, 1.82) is 0 Å². The Kier molecular flexibility index (Phi) is 6.81. The SMILES string of the molecule is C[C@@H]1Cc2cc(OS(=O)(=O)C(F)(F)F)ccc2[C@@H](c2ccc(C=CC(=O)O)cc2)N1c1ccccc1. The number of hydrogen-bond donors (Lipinski definition) is 1. The van der Waals surface area contributed by atoms with Crippen molar-refractivity contribution in [3.63, 3.8) is 0 Å². The second-order valence-electron chi connectivity index (χ2n) is 8.38. The molecule has 0 amide bonds. The fourth-order valence-corrected chi connectivity index (χ4v) is 4.82. The summed E-state index contributed by atoms with van der Waals surface area (Å²) in [4.78, 5) is 13.0. The van der Waals surface area contributed by atoms with Gasteiger partial charge in [0.2, 0.25) is 0 Å². The Balaban J connectivity index is 1.78. The zero-order chi connectivity index (χ0) is 26.1. The number of fused-ring (bicyclic) bond motifs is 1. The number of aliphatic carboxylic acids is 1. The Hall–Kier alpha value is -3.79. The molecule has 0 saturated carbocycles. The average molecular weight is 518 g/mol. The van der Waals surface area contributed by atoms with E-state index < -0.39 is 27.3 Å². The molecule has 10 heteroatoms. The summed E-state index contributed by atoms with van der Waals surface area (Å²) < 4.78 is 65.8. The molecule has 4 rings (SSSR count). The van der Waals surface area contributed by atoms with Gasteiger partial charge in [-0.3, -0.25) is 0 Å². The first kappa shape index (κ1) is 25.3. The van der Waals surface area contributed by atoms with Gasteiger partial charge in [0.25, 0.3) is 0 Å². The van der Waals surface area contributed by atoms with Crippen molar-refractivity contribution in [2.75, 3.05) is 4.90 Å². The molecule has 2 atom stereocenters. The van der Waals surface area contributed by atoms with E-state index in [-0.39, 0.29) is 12.1 Å². The minimum atomic E-state index is -5.79. The van der Waals surface area contributed by atoms with E-state index in [0.29, 0.717) is 17.5 Å². The maximum atomic E-state index is 12.8. The fourth-order valence-electron chi connectivity index (χ4n) is 4.37. The molecule has 0 aromatic heterocycles. The van der Waals surface area contributed by atoms with Crippen molar-refractivity contribution >= 4 is 27.9 Å². The van der Waals surface area contributed by atoms with Gasteiger partial charge < -0.3 is 14.2 Å². The first-order chi connectivity index (χ1) is 17.0. The van der Waals surface area contributed by atoms with Crippen LogP contribution >= 0.6 is 0 Å². The third-order valence-electron chi connectivity index (χ3n) is 5.89. The number of carboxylic acid groups (broad SMARTS) is 1. The number of nitrogens with zero attached hydrogens (tertiary/aromatic N) is 1. The highest BCUT2D eigenvalue weighted by Crippen LogP contribution is 2.42. The summed E-state index contributed by atoms with van der Waals surface area (Å²) in [6.45, 7) is 1.98. The summed E-state index contributed by atoms with van der Waals surface area (Å²) in [6.07, 6.45) is 2.96. The largest absolute Gasteiger partial charge is 0.534 e. The Morgan fingerprint density at radius 1 is 1.06 bits per heavy atom. The van der Waals surface area contributed by atoms with Crippen LogP contribution in [0.15, 0.2) is 78.9 Å². The topological polar surface area (TPSA) is 83.9 Å². The smallest absolute Gasteiger partial charge is 0.478 e. The quantitative estimate of drug-likeness (QED) is 0.262. The third kappa shape index (κ3) is 5.23. The molecule has 6 nitrogen and oxygen atoms in total. The van der Waals surface area contributed by atoms with Crippen LogP contribution in [0.5, 0.6) is 5.75 Å². The van der Waals surface area contributed by atoms with Crippen LogP contribution in [0.2, 0.25) is 0 Å². The summed E-state index contributed by atoms with van der Waals surface area (Å²) in [5.41, 5.74) is -1.56. The summed E-state index contributed by atoms with van der Waals surface area (Å²) in [6, 6.07) is 20.7. The van der Waals surface area contributed by atoms with Crippen molar-refractivity contribution in [2.24, 2.45) is 0 Å². The second-order valence-corrected chi connectivity index (χ2v) is 9.92. The lowest BCUT2D eigenvalue weighted by atomic mass is 9.84. The maximum absolute atomic E-state index is 12.8. The number of benzene rings is 3. The number of rotatable bonds is 6. The van der Waals surface area contributed by atoms with Crippen LogP contribution in [0.4, 0.5) is 18.9 Å². The fraction of sp³-hybridized carbons (Fsp3) is 0.192. The predicted molar refractivity (Wildman–Crippen MR) is 129 cm³/mol. The number of alkyl halides is 3. The molecule has 3 aromatic carbocycles. The molecule has 0 spiro atoms. The number of anilines is 1. The number of halogens is 3. The monoisotopic (exact) mass is 517 g/mol. The molecule has 0 unspecified atom stereocenters. The number of hydrogen-bond acceptors (Lipinski definition) is 5. The zero-order valence-electron chi connectivity index (χ0n) is 19.0. The van der Waals surface area contributed by atoms with Gasteiger partial charge in [0.05, 0.1) is 6.04 Å². The van der Waals surface area contributed by atoms with Gasteiger partial charge >= 0.3 is 21.6 Å². The molecule has 188 valence electrons. The Morgan fingerprint density at radius 3 is 2.33 bits per heavy atom. The van der Waals surface area contributed by atoms with E-state index >= 15 is 0 Å². The van der Waals surface area contributed by atoms with E-state index in [1.165, 1.54) is 18.2 Å². The van der Waals surface area contributed by atoms with Gasteiger partial charge in [-0.05, 0) is 65.9 Å². The van der Waals surface area contributed by atoms with E-state index in [1.807, 2.05) is 49.4 Å². The van der Waals surface area contributed by atoms with Crippen LogP contribution in [-0.2, 0) is 21.3 Å². The molecule has 1 N–H and O–H groups in total. The molecular weight excluding hydrogens is 495 g/mol. The Bertz CT molecular complexity index is 1390. The van der Waals surface area contributed by atoms with Gasteiger partial charge in [0.1, 0.15) is 5.75 Å². The lowest BCUT2D eigenvalue weighted by Crippen LogP contribution is -2.42. The van der Waals surface area contributed by atoms with Crippen LogP contribution < -0.4 is 9.08 Å². The lowest BCUT2D eigenvalue weighted by molar-refractivity contribution is -0.131. The van der Waals surface area contributed by atoms with Crippen molar-refractivity contribution in [1.82, 2.24) is 0 Å². The van der Waals surface area contributed by atoms with Gasteiger partial charge in [-0.1, -0.05) is 48.5 Å². The first-order valence-corrected chi connectivity index (χ1v) is 12.3. The minimum Gasteiger partial charge on any atom is -0.478 e. The second kappa shape index (κ2) is 9.69. The summed E-state index contributed by atoms with van der Waals surface area (Å²) >= 11 is 0. The van der Waals surface area contributed by atoms with Crippen molar-refractivity contribution in [2.45, 2.75) is 30.9 Å². The van der Waals surface area contributed by atoms with Crippen molar-refractivity contribution < 1.29 is 35.7 Å². The molecule has 0 aliphatic carbocycles. The molecule has 0 saturated heterocycles. The summed E-state index contributed by atoms with van der Waals surface area (Å²) in [7, 11) is -5.79. The molecule has 0 bridgehead atoms. The standard InChI is InChI=1S/C26H22F3NO5S/c1-17-15-20-16-22(35-36(33,34)26(27,28)29)12-13-23(20)25(30(17)21-5-3-2-4-6-21)19-10-7-18(8-11-19)9-14-24(31)32/h2-14,16-17,25H,15H2,1H3,(H,31,32)/t17-,25-/m1/s1. The van der Waals surface area contributed by atoms with Crippen LogP contribution in [-0.4, -0.2) is 31.0 Å². The lowest BCUT2D eigenvalue weighted by Gasteiger charge is -2.44. The van der Waals surface area contributed by atoms with Crippen LogP contribution in [0.25, 0.3) is 6.08 Å². The van der Waals surface area contributed by atoms with Crippen molar-refractivity contribution in [3.05, 3.63) is 101 Å². The molecule has 1 aliphatic rings. The first-order valence-electron chi connectivity index (χ1n) is 10.9. The molecular formula is C26H22F3NO5S. The van der Waals surface area contributed by atoms with Gasteiger partial charge in [-0.2, -0.15) is 21.6 Å². The Labute approximate surface area is 206 Å². The van der Waals surface area contributed by atoms with Crippen LogP contribution in [0.1, 0.15) is 35.2 Å². The average Bonchev–Trinajstić information content (AvgIpc) is 2.82. The van der Waals surface area contributed by atoms with E-state index in [4.69, 9.17) is 5.11 Å². The highest BCUT2D eigenvalue weighted by Gasteiger charge is 2.48. The highest BCUT2D eigenvalue weighted by molar-refractivity contribution is 7.88. The normalized spacial score (nSPS) is 18.2. The third-order valence-corrected chi connectivity index (χ3v) is 6.87. The zero-order valence-corrected chi connectivity index (χ0v) is 19.8. The van der Waals surface area contributed by atoms with Crippen molar-refractivity contribution in [3.8, 4) is 5.75 Å². The summed E-state index contributed by atoms with van der Waals surface area (Å²) in [5, 5.41) is 8.87. The molecule has 36 heavy (non-hydrogen) atoms. The van der Waals surface area contributed by atoms with E-state index in [2.05, 4.69) is 9.08 Å². The van der Waals surface area contributed by atoms with Gasteiger partial charge in [0, 0.05) is 17.8 Å². The maximum Gasteiger partial charge on any atom is 0.534 e. The minimum absolute atomic E-state index is 0.0917. The van der Waals surface area contributed by atoms with E-state index in [9.17, 15) is 26.4 Å². The van der Waals surface area contributed by atoms with Crippen LogP contribution in [0.3, 0.4) is 0 Å². The highest BCUT2D eigenvalue weighted by atomic mass is 32.2. The molecule has 1 aliphatic heterocycles. The summed E-state index contributed by atoms with van der Waals surface area (Å²) in [5.74, 6) is -1.46. The number of para-hydroxylation sites is 1. The number of carboxylic acids is 1. The molecule has 3 aromatic rings. The molecule has 1 heterocycles. The predicted octanol–water partition coefficient (Wildman–Crippen LogP) is 5.55. The van der Waals surface area contributed by atoms with E-state index in [0.717, 1.165) is 22.9 Å². The Morgan fingerprint density at radius 2 is 1.72 bits per heavy atom. The number of carbonyl (C=O) groups is 1. The molecule has 0 fully saturated rings. The molecule has 0 radical (unpaired) electrons. The van der Waals surface area contributed by atoms with Gasteiger partial charge in [0.15, 0.2) is 0 Å². The van der Waals surface area contributed by atoms with Gasteiger partial charge in [-0.15, -0.1) is 0 Å². The van der Waals surface area contributed by atoms with E-state index in [1.54, 1.807) is 18.2 Å².